The van der Waals surface area contributed by atoms with Crippen molar-refractivity contribution in [2.45, 2.75) is 37.5 Å². The molecule has 0 amide bonds. The van der Waals surface area contributed by atoms with Crippen LogP contribution in [0.25, 0.3) is 16.7 Å². The summed E-state index contributed by atoms with van der Waals surface area (Å²) in [5.74, 6) is 1.04. The Hall–Kier alpha value is -1.99. The smallest absolute Gasteiger partial charge is 0.136 e. The lowest BCUT2D eigenvalue weighted by atomic mass is 9.92. The number of phenols is 1. The number of nitrogens with zero attached hydrogens (tertiary/aromatic N) is 3. The molecule has 0 aliphatic heterocycles. The molecule has 0 bridgehead atoms. The summed E-state index contributed by atoms with van der Waals surface area (Å²) in [6, 6.07) is 9.55. The van der Waals surface area contributed by atoms with Gasteiger partial charge in [0.1, 0.15) is 30.3 Å². The van der Waals surface area contributed by atoms with Crippen LogP contribution in [-0.4, -0.2) is 45.4 Å². The van der Waals surface area contributed by atoms with Crippen molar-refractivity contribution >= 4 is 36.1 Å². The first kappa shape index (κ1) is 18.8. The van der Waals surface area contributed by atoms with Gasteiger partial charge in [0, 0.05) is 11.5 Å². The van der Waals surface area contributed by atoms with Crippen LogP contribution in [-0.2, 0) is 0 Å². The summed E-state index contributed by atoms with van der Waals surface area (Å²) in [7, 11) is 5.84. The van der Waals surface area contributed by atoms with Crippen LogP contribution in [0.2, 0.25) is 0 Å². The van der Waals surface area contributed by atoms with E-state index in [0.717, 1.165) is 52.9 Å². The molecule has 0 aliphatic carbocycles. The van der Waals surface area contributed by atoms with Crippen LogP contribution < -0.4 is 5.46 Å². The number of thioether (sulfide) groups is 1. The van der Waals surface area contributed by atoms with Crippen molar-refractivity contribution in [3.63, 3.8) is 0 Å². The van der Waals surface area contributed by atoms with Gasteiger partial charge in [-0.25, -0.2) is 0 Å². The summed E-state index contributed by atoms with van der Waals surface area (Å²) in [5, 5.41) is 28.0. The first-order valence-corrected chi connectivity index (χ1v) is 9.77. The summed E-state index contributed by atoms with van der Waals surface area (Å²) in [5.41, 5.74) is 3.30. The van der Waals surface area contributed by atoms with Gasteiger partial charge in [0.15, 0.2) is 0 Å². The highest BCUT2D eigenvalue weighted by Gasteiger charge is 2.11. The first-order chi connectivity index (χ1) is 12.6. The van der Waals surface area contributed by atoms with Crippen molar-refractivity contribution in [1.82, 2.24) is 15.0 Å². The van der Waals surface area contributed by atoms with Gasteiger partial charge >= 0.3 is 0 Å². The third-order valence-corrected chi connectivity index (χ3v) is 5.23. The summed E-state index contributed by atoms with van der Waals surface area (Å²) >= 11 is 1.80. The van der Waals surface area contributed by atoms with E-state index in [1.807, 2.05) is 31.2 Å². The van der Waals surface area contributed by atoms with Gasteiger partial charge < -0.3 is 10.2 Å². The molecule has 0 saturated heterocycles. The van der Waals surface area contributed by atoms with E-state index in [0.29, 0.717) is 11.2 Å². The number of aliphatic hydroxyl groups is 1. The topological polar surface area (TPSA) is 71.2 Å². The van der Waals surface area contributed by atoms with Crippen LogP contribution >= 0.6 is 11.8 Å². The fourth-order valence-electron chi connectivity index (χ4n) is 2.79. The summed E-state index contributed by atoms with van der Waals surface area (Å²) in [6.07, 6.45) is 4.23. The van der Waals surface area contributed by atoms with Gasteiger partial charge in [-0.3, -0.25) is 0 Å². The molecule has 134 valence electrons. The molecule has 3 aromatic rings. The SMILES string of the molecule is [B]c1cc(C)cc(-n2nc3ccc(SCCCCCCO)cc3n2)c1O. The molecule has 7 heteroatoms. The zero-order chi connectivity index (χ0) is 18.5. The van der Waals surface area contributed by atoms with Crippen LogP contribution in [0.4, 0.5) is 0 Å². The monoisotopic (exact) mass is 367 g/mol. The molecule has 2 N–H and O–H groups in total. The average molecular weight is 367 g/mol. The van der Waals surface area contributed by atoms with Crippen LogP contribution in [0.15, 0.2) is 35.2 Å². The molecule has 26 heavy (non-hydrogen) atoms. The number of rotatable bonds is 8. The van der Waals surface area contributed by atoms with Crippen LogP contribution in [0.3, 0.4) is 0 Å². The number of aryl methyl sites for hydroxylation is 1. The Labute approximate surface area is 158 Å². The van der Waals surface area contributed by atoms with Crippen molar-refractivity contribution in [1.29, 1.82) is 0 Å². The van der Waals surface area contributed by atoms with E-state index in [9.17, 15) is 5.11 Å². The predicted octanol–water partition coefficient (Wildman–Crippen LogP) is 2.87. The normalized spacial score (nSPS) is 11.3. The van der Waals surface area contributed by atoms with Gasteiger partial charge in [0.25, 0.3) is 0 Å². The lowest BCUT2D eigenvalue weighted by Crippen LogP contribution is -2.09. The minimum Gasteiger partial charge on any atom is -0.506 e. The molecule has 0 aliphatic rings. The van der Waals surface area contributed by atoms with Crippen molar-refractivity contribution in [3.8, 4) is 11.4 Å². The molecule has 0 atom stereocenters. The van der Waals surface area contributed by atoms with E-state index in [4.69, 9.17) is 13.0 Å². The molecule has 1 heterocycles. The fraction of sp³-hybridized carbons (Fsp3) is 0.368. The minimum absolute atomic E-state index is 0.00613. The van der Waals surface area contributed by atoms with E-state index in [1.54, 1.807) is 17.8 Å². The van der Waals surface area contributed by atoms with Crippen molar-refractivity contribution < 1.29 is 10.2 Å². The number of hydrogen-bond donors (Lipinski definition) is 2. The van der Waals surface area contributed by atoms with Gasteiger partial charge in [-0.15, -0.1) is 26.8 Å². The summed E-state index contributed by atoms with van der Waals surface area (Å²) in [4.78, 5) is 2.59. The molecule has 3 rings (SSSR count). The second-order valence-electron chi connectivity index (χ2n) is 6.35. The molecule has 5 nitrogen and oxygen atoms in total. The number of hydrogen-bond acceptors (Lipinski definition) is 5. The van der Waals surface area contributed by atoms with Gasteiger partial charge in [-0.1, -0.05) is 24.4 Å². The highest BCUT2D eigenvalue weighted by Crippen LogP contribution is 2.25. The lowest BCUT2D eigenvalue weighted by Gasteiger charge is -2.07. The second-order valence-corrected chi connectivity index (χ2v) is 7.52. The number of benzene rings is 2. The number of aliphatic hydroxyl groups excluding tert-OH is 1. The number of unbranched alkanes of at least 4 members (excludes halogenated alkanes) is 3. The van der Waals surface area contributed by atoms with E-state index in [-0.39, 0.29) is 12.4 Å². The Balaban J connectivity index is 1.74. The zero-order valence-corrected chi connectivity index (χ0v) is 15.7. The van der Waals surface area contributed by atoms with Gasteiger partial charge in [-0.2, -0.15) is 0 Å². The maximum Gasteiger partial charge on any atom is 0.136 e. The maximum atomic E-state index is 10.2. The number of aromatic hydroxyl groups is 1. The maximum absolute atomic E-state index is 10.2. The molecule has 0 saturated carbocycles. The van der Waals surface area contributed by atoms with E-state index >= 15 is 0 Å². The zero-order valence-electron chi connectivity index (χ0n) is 14.9. The van der Waals surface area contributed by atoms with Crippen molar-refractivity contribution in [3.05, 3.63) is 35.9 Å². The molecule has 2 aromatic carbocycles. The van der Waals surface area contributed by atoms with Crippen molar-refractivity contribution in [2.75, 3.05) is 12.4 Å². The highest BCUT2D eigenvalue weighted by atomic mass is 32.2. The first-order valence-electron chi connectivity index (χ1n) is 8.78. The van der Waals surface area contributed by atoms with Gasteiger partial charge in [0.2, 0.25) is 0 Å². The molecular weight excluding hydrogens is 345 g/mol. The van der Waals surface area contributed by atoms with Crippen LogP contribution in [0.5, 0.6) is 5.75 Å². The van der Waals surface area contributed by atoms with E-state index < -0.39 is 0 Å². The van der Waals surface area contributed by atoms with Gasteiger partial charge in [0.05, 0.1) is 0 Å². The third-order valence-electron chi connectivity index (χ3n) is 4.15. The number of fused-ring (bicyclic) bond motifs is 1. The quantitative estimate of drug-likeness (QED) is 0.364. The predicted molar refractivity (Wildman–Crippen MR) is 107 cm³/mol. The molecular formula is C19H22BN3O2S. The highest BCUT2D eigenvalue weighted by molar-refractivity contribution is 7.99. The summed E-state index contributed by atoms with van der Waals surface area (Å²) < 4.78 is 0. The fourth-order valence-corrected chi connectivity index (χ4v) is 3.73. The Kier molecular flexibility index (Phi) is 6.22. The molecule has 0 unspecified atom stereocenters. The Morgan fingerprint density at radius 2 is 1.81 bits per heavy atom. The molecule has 0 spiro atoms. The van der Waals surface area contributed by atoms with Crippen LogP contribution in [0.1, 0.15) is 31.2 Å². The summed E-state index contributed by atoms with van der Waals surface area (Å²) in [6.45, 7) is 2.19. The van der Waals surface area contributed by atoms with Gasteiger partial charge in [-0.05, 0) is 55.3 Å². The largest absolute Gasteiger partial charge is 0.506 e. The Morgan fingerprint density at radius 1 is 1.04 bits per heavy atom. The number of aromatic nitrogens is 3. The molecule has 0 fully saturated rings. The minimum atomic E-state index is -0.00613. The third kappa shape index (κ3) is 4.40. The van der Waals surface area contributed by atoms with Crippen LogP contribution in [0, 0.1) is 6.92 Å². The van der Waals surface area contributed by atoms with E-state index in [2.05, 4.69) is 10.2 Å². The van der Waals surface area contributed by atoms with E-state index in [1.165, 1.54) is 4.80 Å². The molecule has 2 radical (unpaired) electrons. The average Bonchev–Trinajstić information content (AvgIpc) is 3.04. The van der Waals surface area contributed by atoms with Crippen molar-refractivity contribution in [2.24, 2.45) is 0 Å². The Morgan fingerprint density at radius 3 is 2.62 bits per heavy atom. The Bertz CT molecular complexity index is 898. The standard InChI is InChI=1S/C19H22BN3O2S/c1-13-10-15(20)19(25)18(11-13)23-21-16-7-6-14(12-17(16)22-23)26-9-5-3-2-4-8-24/h6-7,10-12,24-25H,2-5,8-9H2,1H3. The number of phenolic OH excluding ortho intramolecular Hbond substituents is 1. The lowest BCUT2D eigenvalue weighted by molar-refractivity contribution is 0.283. The second kappa shape index (κ2) is 8.60. The molecule has 1 aromatic heterocycles.